The number of sulfone groups is 1. The van der Waals surface area contributed by atoms with E-state index < -0.39 is 9.84 Å². The molecule has 0 radical (unpaired) electrons. The Morgan fingerprint density at radius 3 is 2.11 bits per heavy atom. The van der Waals surface area contributed by atoms with Gasteiger partial charge in [0.25, 0.3) is 0 Å². The highest BCUT2D eigenvalue weighted by Crippen LogP contribution is 2.28. The summed E-state index contributed by atoms with van der Waals surface area (Å²) in [6.45, 7) is 6.14. The molecule has 0 aliphatic heterocycles. The predicted octanol–water partition coefficient (Wildman–Crippen LogP) is 4.15. The van der Waals surface area contributed by atoms with E-state index in [0.29, 0.717) is 22.1 Å². The molecule has 4 heteroatoms. The molecule has 0 heterocycles. The summed E-state index contributed by atoms with van der Waals surface area (Å²) >= 11 is 3.60. The molecule has 2 nitrogen and oxygen atoms in total. The molecule has 0 aromatic heterocycles. The van der Waals surface area contributed by atoms with Gasteiger partial charge in [-0.15, -0.1) is 0 Å². The van der Waals surface area contributed by atoms with Gasteiger partial charge in [0.2, 0.25) is 0 Å². The van der Waals surface area contributed by atoms with Crippen molar-refractivity contribution in [1.29, 1.82) is 0 Å². The van der Waals surface area contributed by atoms with Gasteiger partial charge < -0.3 is 0 Å². The predicted molar refractivity (Wildman–Crippen MR) is 80.2 cm³/mol. The lowest BCUT2D eigenvalue weighted by Crippen LogP contribution is -2.09. The molecule has 18 heavy (non-hydrogen) atoms. The van der Waals surface area contributed by atoms with Crippen LogP contribution < -0.4 is 0 Å². The Hall–Kier alpha value is -0.350. The number of alkyl halides is 1. The number of benzene rings is 1. The van der Waals surface area contributed by atoms with Crippen LogP contribution in [0.5, 0.6) is 0 Å². The Kier molecular flexibility index (Phi) is 5.86. The molecule has 2 unspecified atom stereocenters. The van der Waals surface area contributed by atoms with Crippen molar-refractivity contribution in [3.63, 3.8) is 0 Å². The summed E-state index contributed by atoms with van der Waals surface area (Å²) in [5.41, 5.74) is 1.19. The normalized spacial score (nSPS) is 15.3. The summed E-state index contributed by atoms with van der Waals surface area (Å²) in [5, 5.41) is 0. The fourth-order valence-electron chi connectivity index (χ4n) is 2.13. The monoisotopic (exact) mass is 332 g/mol. The lowest BCUT2D eigenvalue weighted by Gasteiger charge is -2.18. The Balaban J connectivity index is 2.99. The fourth-order valence-corrected chi connectivity index (χ4v) is 4.14. The van der Waals surface area contributed by atoms with Crippen molar-refractivity contribution in [3.05, 3.63) is 29.8 Å². The highest BCUT2D eigenvalue weighted by Gasteiger charge is 2.17. The van der Waals surface area contributed by atoms with Gasteiger partial charge in [-0.25, -0.2) is 8.42 Å². The van der Waals surface area contributed by atoms with E-state index in [4.69, 9.17) is 0 Å². The van der Waals surface area contributed by atoms with E-state index in [1.165, 1.54) is 5.56 Å². The van der Waals surface area contributed by atoms with Crippen LogP contribution in [0, 0.1) is 0 Å². The summed E-state index contributed by atoms with van der Waals surface area (Å²) in [5.74, 6) is 0.645. The van der Waals surface area contributed by atoms with E-state index in [1.54, 1.807) is 12.1 Å². The van der Waals surface area contributed by atoms with Gasteiger partial charge in [0, 0.05) is 4.83 Å². The van der Waals surface area contributed by atoms with E-state index in [2.05, 4.69) is 29.8 Å². The highest BCUT2D eigenvalue weighted by atomic mass is 79.9. The molecule has 0 saturated heterocycles. The Labute approximate surface area is 119 Å². The number of rotatable bonds is 6. The van der Waals surface area contributed by atoms with Crippen molar-refractivity contribution in [2.45, 2.75) is 49.3 Å². The third kappa shape index (κ3) is 3.82. The van der Waals surface area contributed by atoms with Crippen molar-refractivity contribution < 1.29 is 8.42 Å². The first-order chi connectivity index (χ1) is 8.42. The molecule has 0 aliphatic rings. The fraction of sp³-hybridized carbons (Fsp3) is 0.571. The molecular weight excluding hydrogens is 312 g/mol. The van der Waals surface area contributed by atoms with E-state index >= 15 is 0 Å². The highest BCUT2D eigenvalue weighted by molar-refractivity contribution is 9.09. The Morgan fingerprint density at radius 1 is 1.17 bits per heavy atom. The molecule has 0 bridgehead atoms. The maximum absolute atomic E-state index is 11.9. The van der Waals surface area contributed by atoms with Crippen LogP contribution in [0.4, 0.5) is 0 Å². The van der Waals surface area contributed by atoms with Gasteiger partial charge in [0.05, 0.1) is 10.6 Å². The van der Waals surface area contributed by atoms with Crippen LogP contribution in [0.3, 0.4) is 0 Å². The summed E-state index contributed by atoms with van der Waals surface area (Å²) in [4.78, 5) is 0.825. The summed E-state index contributed by atoms with van der Waals surface area (Å²) in [6.07, 6.45) is 1.69. The lowest BCUT2D eigenvalue weighted by atomic mass is 9.94. The number of hydrogen-bond donors (Lipinski definition) is 0. The molecule has 2 atom stereocenters. The Bertz CT molecular complexity index is 463. The molecule has 0 saturated carbocycles. The topological polar surface area (TPSA) is 34.1 Å². The second kappa shape index (κ2) is 6.71. The second-order valence-electron chi connectivity index (χ2n) is 4.58. The van der Waals surface area contributed by atoms with Crippen molar-refractivity contribution in [3.8, 4) is 0 Å². The first-order valence-electron chi connectivity index (χ1n) is 6.39. The van der Waals surface area contributed by atoms with Crippen LogP contribution in [0.15, 0.2) is 29.2 Å². The molecule has 0 fully saturated rings. The maximum Gasteiger partial charge on any atom is 0.178 e. The van der Waals surface area contributed by atoms with Gasteiger partial charge in [0.15, 0.2) is 9.84 Å². The van der Waals surface area contributed by atoms with E-state index in [0.717, 1.165) is 6.42 Å². The molecule has 1 rings (SSSR count). The third-order valence-electron chi connectivity index (χ3n) is 3.13. The van der Waals surface area contributed by atoms with Gasteiger partial charge in [-0.1, -0.05) is 48.8 Å². The molecule has 0 N–H and O–H groups in total. The van der Waals surface area contributed by atoms with Crippen molar-refractivity contribution in [2.75, 3.05) is 5.75 Å². The minimum absolute atomic E-state index is 0.221. The van der Waals surface area contributed by atoms with E-state index in [-0.39, 0.29) is 5.75 Å². The largest absolute Gasteiger partial charge is 0.224 e. The minimum Gasteiger partial charge on any atom is -0.224 e. The van der Waals surface area contributed by atoms with Crippen molar-refractivity contribution in [2.24, 2.45) is 0 Å². The first-order valence-corrected chi connectivity index (χ1v) is 8.96. The minimum atomic E-state index is -3.09. The first kappa shape index (κ1) is 15.7. The lowest BCUT2D eigenvalue weighted by molar-refractivity contribution is 0.594. The van der Waals surface area contributed by atoms with Crippen LogP contribution in [0.1, 0.15) is 45.1 Å². The second-order valence-corrected chi connectivity index (χ2v) is 8.13. The molecule has 1 aromatic carbocycles. The average molecular weight is 333 g/mol. The number of hydrogen-bond acceptors (Lipinski definition) is 2. The summed E-state index contributed by atoms with van der Waals surface area (Å²) in [6, 6.07) is 7.35. The van der Waals surface area contributed by atoms with Gasteiger partial charge in [0.1, 0.15) is 0 Å². The van der Waals surface area contributed by atoms with Gasteiger partial charge in [-0.05, 0) is 36.5 Å². The average Bonchev–Trinajstić information content (AvgIpc) is 2.30. The quantitative estimate of drug-likeness (QED) is 0.733. The smallest absolute Gasteiger partial charge is 0.178 e. The zero-order valence-corrected chi connectivity index (χ0v) is 13.6. The molecule has 102 valence electrons. The van der Waals surface area contributed by atoms with Crippen LogP contribution in [0.2, 0.25) is 0 Å². The van der Waals surface area contributed by atoms with E-state index in [9.17, 15) is 8.42 Å². The van der Waals surface area contributed by atoms with Gasteiger partial charge in [-0.2, -0.15) is 0 Å². The van der Waals surface area contributed by atoms with Gasteiger partial charge in [-0.3, -0.25) is 0 Å². The third-order valence-corrected chi connectivity index (χ3v) is 5.71. The molecule has 0 spiro atoms. The SMILES string of the molecule is CCCS(=O)(=O)c1ccc(C(CC)C(C)Br)cc1. The van der Waals surface area contributed by atoms with Crippen LogP contribution in [0.25, 0.3) is 0 Å². The van der Waals surface area contributed by atoms with Crippen LogP contribution in [-0.4, -0.2) is 19.0 Å². The van der Waals surface area contributed by atoms with Crippen molar-refractivity contribution in [1.82, 2.24) is 0 Å². The van der Waals surface area contributed by atoms with Crippen LogP contribution in [-0.2, 0) is 9.84 Å². The van der Waals surface area contributed by atoms with Crippen molar-refractivity contribution >= 4 is 25.8 Å². The summed E-state index contributed by atoms with van der Waals surface area (Å²) < 4.78 is 23.8. The van der Waals surface area contributed by atoms with Crippen LogP contribution >= 0.6 is 15.9 Å². The molecule has 0 amide bonds. The van der Waals surface area contributed by atoms with E-state index in [1.807, 2.05) is 19.1 Å². The number of halogens is 1. The molecule has 1 aromatic rings. The maximum atomic E-state index is 11.9. The zero-order valence-electron chi connectivity index (χ0n) is 11.2. The standard InChI is InChI=1S/C14H21BrO2S/c1-4-10-18(16,17)13-8-6-12(7-9-13)14(5-2)11(3)15/h6-9,11,14H,4-5,10H2,1-3H3. The Morgan fingerprint density at radius 2 is 1.72 bits per heavy atom. The molecule has 0 aliphatic carbocycles. The zero-order chi connectivity index (χ0) is 13.8. The van der Waals surface area contributed by atoms with Gasteiger partial charge >= 0.3 is 0 Å². The summed E-state index contributed by atoms with van der Waals surface area (Å²) in [7, 11) is -3.09. The molecular formula is C14H21BrO2S.